The summed E-state index contributed by atoms with van der Waals surface area (Å²) in [4.78, 5) is 0. The summed E-state index contributed by atoms with van der Waals surface area (Å²) < 4.78 is 16.4. The van der Waals surface area contributed by atoms with E-state index in [2.05, 4.69) is 10.5 Å². The van der Waals surface area contributed by atoms with Crippen LogP contribution in [-0.2, 0) is 4.57 Å². The summed E-state index contributed by atoms with van der Waals surface area (Å²) in [5.74, 6) is 1.09. The minimum Gasteiger partial charge on any atom is -0.298 e. The van der Waals surface area contributed by atoms with Gasteiger partial charge in [0.15, 0.2) is 0 Å². The maximum absolute atomic E-state index is 13.1. The first-order valence-corrected chi connectivity index (χ1v) is 7.56. The average Bonchev–Trinajstić information content (AvgIpc) is 2.36. The fraction of sp³-hybridized carbons (Fsp3) is 0.417. The van der Waals surface area contributed by atoms with Gasteiger partial charge in [-0.15, -0.1) is 4.78 Å². The first-order valence-electron chi connectivity index (χ1n) is 5.95. The zero-order valence-corrected chi connectivity index (χ0v) is 12.1. The molecule has 1 atom stereocenters. The van der Waals surface area contributed by atoms with Crippen molar-refractivity contribution >= 4 is 18.6 Å². The van der Waals surface area contributed by atoms with E-state index in [0.29, 0.717) is 0 Å². The second-order valence-electron chi connectivity index (χ2n) is 4.64. The van der Waals surface area contributed by atoms with E-state index in [1.54, 1.807) is 23.7 Å². The molecular weight excluding hydrogens is 247 g/mol. The van der Waals surface area contributed by atoms with Crippen LogP contribution in [0.1, 0.15) is 13.8 Å². The van der Waals surface area contributed by atoms with Crippen molar-refractivity contribution in [2.75, 3.05) is 14.1 Å². The van der Waals surface area contributed by atoms with E-state index < -0.39 is 7.44 Å². The third kappa shape index (κ3) is 2.04. The lowest BCUT2D eigenvalue weighted by Gasteiger charge is -2.39. The number of rotatable bonds is 2. The molecule has 0 saturated heterocycles. The Morgan fingerprint density at radius 1 is 1.22 bits per heavy atom. The zero-order chi connectivity index (χ0) is 13.3. The lowest BCUT2D eigenvalue weighted by Crippen LogP contribution is -2.49. The van der Waals surface area contributed by atoms with E-state index in [4.69, 9.17) is 0 Å². The fourth-order valence-electron chi connectivity index (χ4n) is 1.87. The first-order chi connectivity index (χ1) is 8.46. The van der Waals surface area contributed by atoms with Crippen LogP contribution in [0.2, 0.25) is 0 Å². The molecule has 0 radical (unpaired) electrons. The number of hydrazine groups is 1. The van der Waals surface area contributed by atoms with Gasteiger partial charge in [-0.3, -0.25) is 9.99 Å². The molecule has 0 spiro atoms. The molecule has 0 saturated carbocycles. The highest BCUT2D eigenvalue weighted by molar-refractivity contribution is 7.67. The van der Waals surface area contributed by atoms with Crippen LogP contribution in [0.25, 0.3) is 0 Å². The molecule has 1 aromatic carbocycles. The van der Waals surface area contributed by atoms with E-state index in [-0.39, 0.29) is 5.92 Å². The van der Waals surface area contributed by atoms with Gasteiger partial charge in [0.05, 0.1) is 0 Å². The number of hydrogen-bond acceptors (Lipinski definition) is 3. The van der Waals surface area contributed by atoms with Gasteiger partial charge in [-0.05, 0) is 12.1 Å². The Kier molecular flexibility index (Phi) is 3.46. The van der Waals surface area contributed by atoms with Crippen molar-refractivity contribution in [3.8, 4) is 0 Å². The van der Waals surface area contributed by atoms with Crippen molar-refractivity contribution < 1.29 is 4.57 Å². The third-order valence-corrected chi connectivity index (χ3v) is 5.73. The molecule has 2 rings (SSSR count). The van der Waals surface area contributed by atoms with Crippen molar-refractivity contribution in [2.24, 2.45) is 11.0 Å². The summed E-state index contributed by atoms with van der Waals surface area (Å²) in [6.07, 6.45) is 0. The standard InChI is InChI=1S/C12H19N4OP/c1-10(2)12-13-15(3)18(17,16(4)14-12)11-8-6-5-7-9-11/h5-10H,1-4H3,(H,13,14). The average molecular weight is 266 g/mol. The second kappa shape index (κ2) is 4.75. The van der Waals surface area contributed by atoms with Crippen LogP contribution in [0.3, 0.4) is 0 Å². The quantitative estimate of drug-likeness (QED) is 0.830. The van der Waals surface area contributed by atoms with Gasteiger partial charge in [0.1, 0.15) is 5.84 Å². The SMILES string of the molecule is CC(C)C1=NN(C)P(=O)(c2ccccc2)N(C)N1. The number of benzene rings is 1. The Bertz CT molecular complexity index is 500. The molecule has 0 amide bonds. The van der Waals surface area contributed by atoms with Crippen molar-refractivity contribution in [1.29, 1.82) is 0 Å². The van der Waals surface area contributed by atoms with Crippen LogP contribution in [0.15, 0.2) is 35.4 Å². The Morgan fingerprint density at radius 3 is 2.33 bits per heavy atom. The summed E-state index contributed by atoms with van der Waals surface area (Å²) in [6.45, 7) is 4.10. The highest BCUT2D eigenvalue weighted by Crippen LogP contribution is 2.50. The Balaban J connectivity index is 2.44. The molecule has 5 nitrogen and oxygen atoms in total. The molecular formula is C12H19N4OP. The summed E-state index contributed by atoms with van der Waals surface area (Å²) in [5, 5.41) is 5.17. The van der Waals surface area contributed by atoms with Gasteiger partial charge in [-0.1, -0.05) is 32.0 Å². The van der Waals surface area contributed by atoms with Gasteiger partial charge >= 0.3 is 7.44 Å². The number of nitrogens with one attached hydrogen (secondary N) is 1. The predicted molar refractivity (Wildman–Crippen MR) is 74.6 cm³/mol. The Hall–Kier alpha value is -1.32. The molecule has 18 heavy (non-hydrogen) atoms. The second-order valence-corrected chi connectivity index (χ2v) is 7.43. The van der Waals surface area contributed by atoms with Crippen molar-refractivity contribution in [2.45, 2.75) is 13.8 Å². The molecule has 0 bridgehead atoms. The Morgan fingerprint density at radius 2 is 1.83 bits per heavy atom. The van der Waals surface area contributed by atoms with Crippen LogP contribution in [0, 0.1) is 5.92 Å². The van der Waals surface area contributed by atoms with Crippen molar-refractivity contribution in [1.82, 2.24) is 15.0 Å². The lowest BCUT2D eigenvalue weighted by molar-refractivity contribution is 0.351. The molecule has 1 aromatic rings. The smallest absolute Gasteiger partial charge is 0.298 e. The van der Waals surface area contributed by atoms with E-state index in [9.17, 15) is 4.57 Å². The highest BCUT2D eigenvalue weighted by atomic mass is 31.2. The van der Waals surface area contributed by atoms with E-state index in [1.807, 2.05) is 44.2 Å². The minimum absolute atomic E-state index is 0.263. The summed E-state index contributed by atoms with van der Waals surface area (Å²) in [5.41, 5.74) is 3.11. The topological polar surface area (TPSA) is 47.9 Å². The maximum Gasteiger partial charge on any atom is 0.300 e. The van der Waals surface area contributed by atoms with Crippen molar-refractivity contribution in [3.63, 3.8) is 0 Å². The summed E-state index contributed by atoms with van der Waals surface area (Å²) >= 11 is 0. The molecule has 0 aliphatic carbocycles. The van der Waals surface area contributed by atoms with Crippen LogP contribution in [0.5, 0.6) is 0 Å². The number of amidine groups is 1. The van der Waals surface area contributed by atoms with Gasteiger partial charge < -0.3 is 0 Å². The van der Waals surface area contributed by atoms with Gasteiger partial charge in [0.2, 0.25) is 0 Å². The van der Waals surface area contributed by atoms with Gasteiger partial charge in [0.25, 0.3) is 0 Å². The normalized spacial score (nSPS) is 24.9. The molecule has 1 aliphatic heterocycles. The van der Waals surface area contributed by atoms with Gasteiger partial charge in [-0.25, -0.2) is 4.78 Å². The maximum atomic E-state index is 13.1. The largest absolute Gasteiger partial charge is 0.300 e. The number of nitrogens with zero attached hydrogens (tertiary/aromatic N) is 3. The molecule has 1 heterocycles. The van der Waals surface area contributed by atoms with E-state index in [0.717, 1.165) is 11.1 Å². The number of hydrazone groups is 1. The highest BCUT2D eigenvalue weighted by Gasteiger charge is 2.39. The first kappa shape index (κ1) is 13.1. The van der Waals surface area contributed by atoms with Crippen LogP contribution in [0.4, 0.5) is 0 Å². The van der Waals surface area contributed by atoms with Crippen LogP contribution in [-0.4, -0.2) is 29.5 Å². The van der Waals surface area contributed by atoms with Crippen LogP contribution >= 0.6 is 7.44 Å². The third-order valence-electron chi connectivity index (χ3n) is 2.97. The monoisotopic (exact) mass is 266 g/mol. The molecule has 1 aliphatic rings. The lowest BCUT2D eigenvalue weighted by atomic mass is 10.2. The van der Waals surface area contributed by atoms with Crippen molar-refractivity contribution in [3.05, 3.63) is 30.3 Å². The molecule has 6 heteroatoms. The van der Waals surface area contributed by atoms with E-state index in [1.165, 1.54) is 0 Å². The molecule has 98 valence electrons. The van der Waals surface area contributed by atoms with Gasteiger partial charge in [-0.2, -0.15) is 5.10 Å². The molecule has 0 fully saturated rings. The molecule has 1 N–H and O–H groups in total. The van der Waals surface area contributed by atoms with Gasteiger partial charge in [0, 0.05) is 25.3 Å². The summed E-state index contributed by atoms with van der Waals surface area (Å²) in [7, 11) is 0.694. The Labute approximate surface area is 108 Å². The number of hydrogen-bond donors (Lipinski definition) is 1. The summed E-state index contributed by atoms with van der Waals surface area (Å²) in [6, 6.07) is 9.42. The van der Waals surface area contributed by atoms with Crippen LogP contribution < -0.4 is 10.7 Å². The molecule has 0 aromatic heterocycles. The minimum atomic E-state index is -2.86. The zero-order valence-electron chi connectivity index (χ0n) is 11.2. The molecule has 1 unspecified atom stereocenters. The fourth-order valence-corrected chi connectivity index (χ4v) is 3.96. The predicted octanol–water partition coefficient (Wildman–Crippen LogP) is 1.86. The van der Waals surface area contributed by atoms with E-state index >= 15 is 0 Å².